The zero-order valence-corrected chi connectivity index (χ0v) is 11.4. The molecule has 98 valence electrons. The Morgan fingerprint density at radius 2 is 2.17 bits per heavy atom. The van der Waals surface area contributed by atoms with Gasteiger partial charge in [-0.15, -0.1) is 0 Å². The summed E-state index contributed by atoms with van der Waals surface area (Å²) in [5, 5.41) is 0.717. The minimum atomic E-state index is -0.127. The maximum absolute atomic E-state index is 12.2. The summed E-state index contributed by atoms with van der Waals surface area (Å²) in [6, 6.07) is 1.90. The number of aromatic nitrogens is 2. The molecule has 2 heterocycles. The van der Waals surface area contributed by atoms with Crippen LogP contribution in [0.15, 0.2) is 17.4 Å². The fourth-order valence-corrected chi connectivity index (χ4v) is 2.73. The van der Waals surface area contributed by atoms with E-state index in [1.165, 1.54) is 18.1 Å². The molecule has 1 aliphatic rings. The van der Waals surface area contributed by atoms with Crippen molar-refractivity contribution in [1.29, 1.82) is 0 Å². The van der Waals surface area contributed by atoms with E-state index in [1.807, 2.05) is 24.8 Å². The van der Waals surface area contributed by atoms with Crippen molar-refractivity contribution in [3.05, 3.63) is 18.1 Å². The molecule has 1 atom stereocenters. The molecule has 1 amide bonds. The van der Waals surface area contributed by atoms with Crippen molar-refractivity contribution in [3.8, 4) is 0 Å². The summed E-state index contributed by atoms with van der Waals surface area (Å²) >= 11 is 1.48. The van der Waals surface area contributed by atoms with Crippen molar-refractivity contribution in [3.63, 3.8) is 0 Å². The van der Waals surface area contributed by atoms with Gasteiger partial charge >= 0.3 is 0 Å². The third-order valence-corrected chi connectivity index (χ3v) is 3.77. The van der Waals surface area contributed by atoms with Crippen molar-refractivity contribution in [2.45, 2.75) is 24.1 Å². The summed E-state index contributed by atoms with van der Waals surface area (Å²) in [6.45, 7) is 6.48. The van der Waals surface area contributed by atoms with Gasteiger partial charge in [0, 0.05) is 18.8 Å². The highest BCUT2D eigenvalue weighted by Gasteiger charge is 2.23. The predicted octanol–water partition coefficient (Wildman–Crippen LogP) is 1.12. The first kappa shape index (κ1) is 13.3. The van der Waals surface area contributed by atoms with E-state index in [1.54, 1.807) is 0 Å². The summed E-state index contributed by atoms with van der Waals surface area (Å²) in [5.41, 5.74) is 0.915. The lowest BCUT2D eigenvalue weighted by atomic mass is 10.3. The van der Waals surface area contributed by atoms with Gasteiger partial charge in [0.15, 0.2) is 0 Å². The Balaban J connectivity index is 1.94. The molecule has 1 saturated heterocycles. The Labute approximate surface area is 111 Å². The van der Waals surface area contributed by atoms with Crippen LogP contribution in [0, 0.1) is 6.92 Å². The Morgan fingerprint density at radius 3 is 2.83 bits per heavy atom. The highest BCUT2D eigenvalue weighted by Crippen LogP contribution is 2.22. The van der Waals surface area contributed by atoms with Gasteiger partial charge < -0.3 is 9.64 Å². The Morgan fingerprint density at radius 1 is 1.44 bits per heavy atom. The van der Waals surface area contributed by atoms with Gasteiger partial charge in [0.2, 0.25) is 5.91 Å². The van der Waals surface area contributed by atoms with E-state index >= 15 is 0 Å². The quantitative estimate of drug-likeness (QED) is 0.607. The standard InChI is InChI=1S/C12H17N3O2S/c1-9-7-11(14-8-13-9)18-10(2)12(16)15-3-5-17-6-4-15/h7-8,10H,3-6H2,1-2H3. The molecule has 0 aliphatic carbocycles. The number of nitrogens with zero attached hydrogens (tertiary/aromatic N) is 3. The molecule has 1 aromatic heterocycles. The molecular weight excluding hydrogens is 250 g/mol. The van der Waals surface area contributed by atoms with Crippen molar-refractivity contribution < 1.29 is 9.53 Å². The van der Waals surface area contributed by atoms with Crippen molar-refractivity contribution >= 4 is 17.7 Å². The van der Waals surface area contributed by atoms with Crippen LogP contribution in [0.4, 0.5) is 0 Å². The van der Waals surface area contributed by atoms with Crippen LogP contribution in [0.25, 0.3) is 0 Å². The number of carbonyl (C=O) groups is 1. The molecule has 1 unspecified atom stereocenters. The minimum Gasteiger partial charge on any atom is -0.378 e. The van der Waals surface area contributed by atoms with Crippen LogP contribution >= 0.6 is 11.8 Å². The van der Waals surface area contributed by atoms with E-state index in [9.17, 15) is 4.79 Å². The minimum absolute atomic E-state index is 0.127. The summed E-state index contributed by atoms with van der Waals surface area (Å²) < 4.78 is 5.24. The van der Waals surface area contributed by atoms with Gasteiger partial charge in [-0.2, -0.15) is 0 Å². The molecule has 0 bridgehead atoms. The summed E-state index contributed by atoms with van der Waals surface area (Å²) in [5.74, 6) is 0.152. The molecule has 0 saturated carbocycles. The zero-order valence-electron chi connectivity index (χ0n) is 10.6. The number of carbonyl (C=O) groups excluding carboxylic acids is 1. The summed E-state index contributed by atoms with van der Waals surface area (Å²) in [4.78, 5) is 22.3. The van der Waals surface area contributed by atoms with Crippen LogP contribution in [-0.4, -0.2) is 52.3 Å². The molecule has 1 aliphatic heterocycles. The van der Waals surface area contributed by atoms with E-state index in [4.69, 9.17) is 4.74 Å². The number of thioether (sulfide) groups is 1. The fourth-order valence-electron chi connectivity index (χ4n) is 1.77. The van der Waals surface area contributed by atoms with Gasteiger partial charge in [-0.25, -0.2) is 9.97 Å². The van der Waals surface area contributed by atoms with Gasteiger partial charge in [0.25, 0.3) is 0 Å². The van der Waals surface area contributed by atoms with Gasteiger partial charge in [0.1, 0.15) is 11.4 Å². The molecule has 2 rings (SSSR count). The third-order valence-electron chi connectivity index (χ3n) is 2.75. The lowest BCUT2D eigenvalue weighted by Gasteiger charge is -2.28. The molecule has 0 radical (unpaired) electrons. The third kappa shape index (κ3) is 3.43. The van der Waals surface area contributed by atoms with E-state index in [0.717, 1.165) is 10.7 Å². The van der Waals surface area contributed by atoms with E-state index in [-0.39, 0.29) is 11.2 Å². The largest absolute Gasteiger partial charge is 0.378 e. The normalized spacial score (nSPS) is 17.6. The van der Waals surface area contributed by atoms with Gasteiger partial charge in [0.05, 0.1) is 18.5 Å². The first-order chi connectivity index (χ1) is 8.66. The van der Waals surface area contributed by atoms with E-state index in [2.05, 4.69) is 9.97 Å². The monoisotopic (exact) mass is 267 g/mol. The van der Waals surface area contributed by atoms with E-state index < -0.39 is 0 Å². The maximum Gasteiger partial charge on any atom is 0.235 e. The smallest absolute Gasteiger partial charge is 0.235 e. The topological polar surface area (TPSA) is 55.3 Å². The van der Waals surface area contributed by atoms with E-state index in [0.29, 0.717) is 26.3 Å². The first-order valence-electron chi connectivity index (χ1n) is 5.98. The summed E-state index contributed by atoms with van der Waals surface area (Å²) in [7, 11) is 0. The molecule has 18 heavy (non-hydrogen) atoms. The molecule has 0 N–H and O–H groups in total. The fraction of sp³-hybridized carbons (Fsp3) is 0.583. The van der Waals surface area contributed by atoms with Crippen LogP contribution in [-0.2, 0) is 9.53 Å². The highest BCUT2D eigenvalue weighted by atomic mass is 32.2. The Bertz CT molecular complexity index is 422. The molecule has 0 aromatic carbocycles. The molecule has 5 nitrogen and oxygen atoms in total. The molecular formula is C12H17N3O2S. The van der Waals surface area contributed by atoms with Gasteiger partial charge in [-0.3, -0.25) is 4.79 Å². The van der Waals surface area contributed by atoms with Crippen LogP contribution in [0.1, 0.15) is 12.6 Å². The second kappa shape index (κ2) is 6.15. The second-order valence-corrected chi connectivity index (χ2v) is 5.56. The number of ether oxygens (including phenoxy) is 1. The first-order valence-corrected chi connectivity index (χ1v) is 6.86. The SMILES string of the molecule is Cc1cc(SC(C)C(=O)N2CCOCC2)ncn1. The Kier molecular flexibility index (Phi) is 4.54. The van der Waals surface area contributed by atoms with Gasteiger partial charge in [-0.1, -0.05) is 11.8 Å². The number of hydrogen-bond acceptors (Lipinski definition) is 5. The van der Waals surface area contributed by atoms with Crippen LogP contribution in [0.5, 0.6) is 0 Å². The molecule has 1 aromatic rings. The average molecular weight is 267 g/mol. The molecule has 0 spiro atoms. The van der Waals surface area contributed by atoms with Crippen molar-refractivity contribution in [2.75, 3.05) is 26.3 Å². The van der Waals surface area contributed by atoms with Crippen molar-refractivity contribution in [1.82, 2.24) is 14.9 Å². The zero-order chi connectivity index (χ0) is 13.0. The number of aryl methyl sites for hydroxylation is 1. The number of hydrogen-bond donors (Lipinski definition) is 0. The number of amides is 1. The van der Waals surface area contributed by atoms with Crippen LogP contribution in [0.3, 0.4) is 0 Å². The molecule has 1 fully saturated rings. The lowest BCUT2D eigenvalue weighted by Crippen LogP contribution is -2.44. The number of morpholine rings is 1. The highest BCUT2D eigenvalue weighted by molar-refractivity contribution is 8.00. The second-order valence-electron chi connectivity index (χ2n) is 4.20. The van der Waals surface area contributed by atoms with Crippen LogP contribution < -0.4 is 0 Å². The van der Waals surface area contributed by atoms with Crippen molar-refractivity contribution in [2.24, 2.45) is 0 Å². The maximum atomic E-state index is 12.2. The summed E-state index contributed by atoms with van der Waals surface area (Å²) in [6.07, 6.45) is 1.53. The number of rotatable bonds is 3. The Hall–Kier alpha value is -1.14. The van der Waals surface area contributed by atoms with Gasteiger partial charge in [-0.05, 0) is 19.9 Å². The molecule has 6 heteroatoms. The van der Waals surface area contributed by atoms with Crippen LogP contribution in [0.2, 0.25) is 0 Å². The average Bonchev–Trinajstić information content (AvgIpc) is 2.39. The lowest BCUT2D eigenvalue weighted by molar-refractivity contribution is -0.134. The predicted molar refractivity (Wildman–Crippen MR) is 69.5 cm³/mol.